The molecule has 0 aromatic heterocycles. The van der Waals surface area contributed by atoms with Gasteiger partial charge in [-0.2, -0.15) is 0 Å². The third kappa shape index (κ3) is 2.46. The molecule has 0 fully saturated rings. The number of hydrogen-bond donors (Lipinski definition) is 1. The van der Waals surface area contributed by atoms with Crippen molar-refractivity contribution in [3.05, 3.63) is 65.2 Å². The maximum atomic E-state index is 14.0. The SMILES string of the molecule is Cc1cccc(N2C(N)=NCC2c2cc(F)ccc2F)c1. The zero-order valence-corrected chi connectivity index (χ0v) is 11.6. The van der Waals surface area contributed by atoms with Gasteiger partial charge in [-0.15, -0.1) is 0 Å². The van der Waals surface area contributed by atoms with Gasteiger partial charge in [0.1, 0.15) is 11.6 Å². The molecule has 0 amide bonds. The van der Waals surface area contributed by atoms with Crippen LogP contribution >= 0.6 is 0 Å². The van der Waals surface area contributed by atoms with Gasteiger partial charge in [-0.3, -0.25) is 4.99 Å². The van der Waals surface area contributed by atoms with Crippen LogP contribution in [-0.4, -0.2) is 12.5 Å². The molecular formula is C16H15F2N3. The first kappa shape index (κ1) is 13.5. The van der Waals surface area contributed by atoms with E-state index in [1.807, 2.05) is 31.2 Å². The number of aryl methyl sites for hydroxylation is 1. The van der Waals surface area contributed by atoms with E-state index in [2.05, 4.69) is 4.99 Å². The maximum absolute atomic E-state index is 14.0. The Kier molecular flexibility index (Phi) is 3.33. The molecule has 1 heterocycles. The molecule has 3 nitrogen and oxygen atoms in total. The summed E-state index contributed by atoms with van der Waals surface area (Å²) in [5, 5.41) is 0. The number of nitrogens with zero attached hydrogens (tertiary/aromatic N) is 2. The smallest absolute Gasteiger partial charge is 0.196 e. The van der Waals surface area contributed by atoms with Crippen molar-refractivity contribution in [2.75, 3.05) is 11.4 Å². The van der Waals surface area contributed by atoms with Crippen LogP contribution in [0.3, 0.4) is 0 Å². The van der Waals surface area contributed by atoms with Crippen LogP contribution in [0.15, 0.2) is 47.5 Å². The topological polar surface area (TPSA) is 41.6 Å². The summed E-state index contributed by atoms with van der Waals surface area (Å²) in [7, 11) is 0. The Hall–Kier alpha value is -2.43. The highest BCUT2D eigenvalue weighted by atomic mass is 19.1. The van der Waals surface area contributed by atoms with Gasteiger partial charge in [0.15, 0.2) is 5.96 Å². The minimum Gasteiger partial charge on any atom is -0.369 e. The third-order valence-electron chi connectivity index (χ3n) is 3.58. The van der Waals surface area contributed by atoms with Crippen LogP contribution in [0.1, 0.15) is 17.2 Å². The molecule has 3 rings (SSSR count). The Balaban J connectivity index is 2.05. The molecule has 0 radical (unpaired) electrons. The predicted octanol–water partition coefficient (Wildman–Crippen LogP) is 3.15. The Morgan fingerprint density at radius 3 is 2.76 bits per heavy atom. The van der Waals surface area contributed by atoms with Crippen molar-refractivity contribution in [3.63, 3.8) is 0 Å². The number of nitrogens with two attached hydrogens (primary N) is 1. The van der Waals surface area contributed by atoms with E-state index in [4.69, 9.17) is 5.73 Å². The molecule has 0 saturated heterocycles. The second kappa shape index (κ2) is 5.16. The summed E-state index contributed by atoms with van der Waals surface area (Å²) in [5.41, 5.74) is 8.08. The van der Waals surface area contributed by atoms with E-state index in [1.165, 1.54) is 6.07 Å². The molecular weight excluding hydrogens is 272 g/mol. The summed E-state index contributed by atoms with van der Waals surface area (Å²) >= 11 is 0. The molecule has 1 atom stereocenters. The summed E-state index contributed by atoms with van der Waals surface area (Å²) in [4.78, 5) is 5.92. The third-order valence-corrected chi connectivity index (χ3v) is 3.58. The normalized spacial score (nSPS) is 18.0. The van der Waals surface area contributed by atoms with Crippen molar-refractivity contribution >= 4 is 11.6 Å². The van der Waals surface area contributed by atoms with Crippen molar-refractivity contribution in [3.8, 4) is 0 Å². The van der Waals surface area contributed by atoms with Gasteiger partial charge in [-0.05, 0) is 42.8 Å². The molecule has 1 aliphatic rings. The zero-order chi connectivity index (χ0) is 15.0. The van der Waals surface area contributed by atoms with Gasteiger partial charge in [-0.1, -0.05) is 12.1 Å². The van der Waals surface area contributed by atoms with Gasteiger partial charge >= 0.3 is 0 Å². The van der Waals surface area contributed by atoms with Crippen LogP contribution in [0.2, 0.25) is 0 Å². The van der Waals surface area contributed by atoms with Gasteiger partial charge < -0.3 is 10.6 Å². The fourth-order valence-corrected chi connectivity index (χ4v) is 2.59. The number of benzene rings is 2. The number of hydrogen-bond acceptors (Lipinski definition) is 3. The summed E-state index contributed by atoms with van der Waals surface area (Å²) in [6, 6.07) is 10.7. The lowest BCUT2D eigenvalue weighted by Gasteiger charge is -2.27. The average molecular weight is 287 g/mol. The first-order valence-corrected chi connectivity index (χ1v) is 6.67. The summed E-state index contributed by atoms with van der Waals surface area (Å²) in [6.07, 6.45) is 0. The minimum absolute atomic E-state index is 0.265. The van der Waals surface area contributed by atoms with Gasteiger partial charge in [0, 0.05) is 11.3 Å². The van der Waals surface area contributed by atoms with Crippen LogP contribution in [0, 0.1) is 18.6 Å². The molecule has 0 bridgehead atoms. The van der Waals surface area contributed by atoms with Gasteiger partial charge in [0.25, 0.3) is 0 Å². The van der Waals surface area contributed by atoms with E-state index in [0.717, 1.165) is 23.4 Å². The highest BCUT2D eigenvalue weighted by molar-refractivity contribution is 5.97. The first-order valence-electron chi connectivity index (χ1n) is 6.67. The predicted molar refractivity (Wildman–Crippen MR) is 79.2 cm³/mol. The Labute approximate surface area is 121 Å². The van der Waals surface area contributed by atoms with Gasteiger partial charge in [-0.25, -0.2) is 8.78 Å². The van der Waals surface area contributed by atoms with E-state index >= 15 is 0 Å². The number of aliphatic imine (C=N–C) groups is 1. The number of guanidine groups is 1. The second-order valence-corrected chi connectivity index (χ2v) is 5.09. The number of anilines is 1. The summed E-state index contributed by atoms with van der Waals surface area (Å²) in [5.74, 6) is -0.612. The van der Waals surface area contributed by atoms with Crippen LogP contribution in [0.4, 0.5) is 14.5 Å². The second-order valence-electron chi connectivity index (χ2n) is 5.09. The quantitative estimate of drug-likeness (QED) is 0.922. The Morgan fingerprint density at radius 1 is 1.19 bits per heavy atom. The Morgan fingerprint density at radius 2 is 2.00 bits per heavy atom. The summed E-state index contributed by atoms with van der Waals surface area (Å²) in [6.45, 7) is 2.27. The van der Waals surface area contributed by atoms with Crippen LogP contribution in [-0.2, 0) is 0 Å². The zero-order valence-electron chi connectivity index (χ0n) is 11.6. The van der Waals surface area contributed by atoms with Crippen molar-refractivity contribution in [1.82, 2.24) is 0 Å². The minimum atomic E-state index is -0.471. The van der Waals surface area contributed by atoms with Crippen molar-refractivity contribution in [2.24, 2.45) is 10.7 Å². The largest absolute Gasteiger partial charge is 0.369 e. The van der Waals surface area contributed by atoms with Crippen LogP contribution in [0.5, 0.6) is 0 Å². The van der Waals surface area contributed by atoms with E-state index in [0.29, 0.717) is 12.5 Å². The molecule has 2 aromatic rings. The fraction of sp³-hybridized carbons (Fsp3) is 0.188. The van der Waals surface area contributed by atoms with E-state index in [-0.39, 0.29) is 5.56 Å². The molecule has 2 aromatic carbocycles. The first-order chi connectivity index (χ1) is 10.1. The van der Waals surface area contributed by atoms with E-state index in [1.54, 1.807) is 4.90 Å². The van der Waals surface area contributed by atoms with Crippen molar-refractivity contribution in [1.29, 1.82) is 0 Å². The monoisotopic (exact) mass is 287 g/mol. The maximum Gasteiger partial charge on any atom is 0.196 e. The lowest BCUT2D eigenvalue weighted by atomic mass is 10.0. The summed E-state index contributed by atoms with van der Waals surface area (Å²) < 4.78 is 27.5. The van der Waals surface area contributed by atoms with E-state index in [9.17, 15) is 8.78 Å². The molecule has 5 heteroatoms. The Bertz CT molecular complexity index is 712. The van der Waals surface area contributed by atoms with Crippen LogP contribution < -0.4 is 10.6 Å². The molecule has 0 aliphatic carbocycles. The molecule has 0 spiro atoms. The van der Waals surface area contributed by atoms with Crippen molar-refractivity contribution in [2.45, 2.75) is 13.0 Å². The highest BCUT2D eigenvalue weighted by Gasteiger charge is 2.31. The molecule has 0 saturated carbocycles. The number of rotatable bonds is 2. The highest BCUT2D eigenvalue weighted by Crippen LogP contribution is 2.33. The lowest BCUT2D eigenvalue weighted by Crippen LogP contribution is -2.36. The molecule has 1 aliphatic heterocycles. The fourth-order valence-electron chi connectivity index (χ4n) is 2.59. The van der Waals surface area contributed by atoms with Gasteiger partial charge in [0.05, 0.1) is 12.6 Å². The lowest BCUT2D eigenvalue weighted by molar-refractivity contribution is 0.568. The van der Waals surface area contributed by atoms with E-state index < -0.39 is 17.7 Å². The standard InChI is InChI=1S/C16H15F2N3/c1-10-3-2-4-12(7-10)21-15(9-20-16(21)19)13-8-11(17)5-6-14(13)18/h2-8,15H,9H2,1H3,(H2,19,20). The molecule has 2 N–H and O–H groups in total. The average Bonchev–Trinajstić information content (AvgIpc) is 2.83. The molecule has 21 heavy (non-hydrogen) atoms. The van der Waals surface area contributed by atoms with Crippen molar-refractivity contribution < 1.29 is 8.78 Å². The van der Waals surface area contributed by atoms with Gasteiger partial charge in [0.2, 0.25) is 0 Å². The number of halogens is 2. The van der Waals surface area contributed by atoms with Crippen LogP contribution in [0.25, 0.3) is 0 Å². The molecule has 108 valence electrons. The molecule has 1 unspecified atom stereocenters.